The summed E-state index contributed by atoms with van der Waals surface area (Å²) in [6.45, 7) is 0.687. The molecule has 0 unspecified atom stereocenters. The van der Waals surface area contributed by atoms with Gasteiger partial charge in [-0.3, -0.25) is 4.84 Å². The van der Waals surface area contributed by atoms with Crippen LogP contribution in [0.2, 0.25) is 0 Å². The Kier molecular flexibility index (Phi) is 3.35. The van der Waals surface area contributed by atoms with Gasteiger partial charge < -0.3 is 9.30 Å². The van der Waals surface area contributed by atoms with Crippen molar-refractivity contribution < 1.29 is 4.74 Å². The Balaban J connectivity index is 1.98. The van der Waals surface area contributed by atoms with E-state index >= 15 is 0 Å². The molecule has 2 aromatic rings. The van der Waals surface area contributed by atoms with Crippen molar-refractivity contribution in [3.63, 3.8) is 0 Å². The lowest BCUT2D eigenvalue weighted by atomic mass is 10.2. The summed E-state index contributed by atoms with van der Waals surface area (Å²) < 4.78 is 7.22. The van der Waals surface area contributed by atoms with Crippen molar-refractivity contribution in [3.05, 3.63) is 24.3 Å². The molecule has 1 aliphatic carbocycles. The molecule has 2 aromatic heterocycles. The van der Waals surface area contributed by atoms with E-state index in [-0.39, 0.29) is 6.04 Å². The zero-order chi connectivity index (χ0) is 13.2. The average molecular weight is 280 g/mol. The summed E-state index contributed by atoms with van der Waals surface area (Å²) in [5.41, 5.74) is 2.79. The van der Waals surface area contributed by atoms with E-state index in [0.29, 0.717) is 17.9 Å². The quantitative estimate of drug-likeness (QED) is 0.687. The number of ether oxygens (including phenoxy) is 1. The highest BCUT2D eigenvalue weighted by molar-refractivity contribution is 6.24. The smallest absolute Gasteiger partial charge is 0.172 e. The fraction of sp³-hybridized carbons (Fsp3) is 0.417. The zero-order valence-corrected chi connectivity index (χ0v) is 11.3. The summed E-state index contributed by atoms with van der Waals surface area (Å²) in [4.78, 5) is 15.2. The number of anilines is 1. The van der Waals surface area contributed by atoms with E-state index in [9.17, 15) is 0 Å². The van der Waals surface area contributed by atoms with Crippen molar-refractivity contribution in [2.75, 3.05) is 18.6 Å². The highest BCUT2D eigenvalue weighted by atomic mass is 35.5. The van der Waals surface area contributed by atoms with Crippen molar-refractivity contribution in [1.29, 1.82) is 0 Å². The van der Waals surface area contributed by atoms with Gasteiger partial charge in [-0.05, 0) is 18.4 Å². The Morgan fingerprint density at radius 2 is 2.37 bits per heavy atom. The number of hydrogen-bond donors (Lipinski definition) is 1. The first-order chi connectivity index (χ1) is 9.33. The molecule has 0 bridgehead atoms. The minimum absolute atomic E-state index is 0.272. The average Bonchev–Trinajstić information content (AvgIpc) is 3.04. The minimum atomic E-state index is 0.272. The molecule has 1 N–H and O–H groups in total. The van der Waals surface area contributed by atoms with Crippen molar-refractivity contribution in [3.8, 4) is 0 Å². The third-order valence-electron chi connectivity index (χ3n) is 3.32. The molecule has 7 heteroatoms. The van der Waals surface area contributed by atoms with Crippen molar-refractivity contribution in [1.82, 2.24) is 19.5 Å². The van der Waals surface area contributed by atoms with E-state index in [2.05, 4.69) is 30.4 Å². The predicted molar refractivity (Wildman–Crippen MR) is 73.0 cm³/mol. The van der Waals surface area contributed by atoms with Crippen LogP contribution in [0.4, 0.5) is 5.82 Å². The molecule has 0 saturated heterocycles. The topological polar surface area (TPSA) is 64.9 Å². The van der Waals surface area contributed by atoms with Crippen LogP contribution in [0.1, 0.15) is 18.9 Å². The van der Waals surface area contributed by atoms with Crippen LogP contribution in [0.5, 0.6) is 0 Å². The summed E-state index contributed by atoms with van der Waals surface area (Å²) in [5.74, 6) is 0.532. The molecular formula is C12H14ClN5O. The normalized spacial score (nSPS) is 18.8. The maximum atomic E-state index is 5.62. The first kappa shape index (κ1) is 12.4. The molecule has 0 aliphatic heterocycles. The maximum Gasteiger partial charge on any atom is 0.172 e. The lowest BCUT2D eigenvalue weighted by Gasteiger charge is -2.09. The lowest BCUT2D eigenvalue weighted by molar-refractivity contribution is 0.224. The van der Waals surface area contributed by atoms with Gasteiger partial charge in [0.15, 0.2) is 17.0 Å². The van der Waals surface area contributed by atoms with Crippen LogP contribution in [0.3, 0.4) is 0 Å². The molecule has 19 heavy (non-hydrogen) atoms. The molecule has 3 rings (SSSR count). The van der Waals surface area contributed by atoms with E-state index in [1.165, 1.54) is 11.9 Å². The van der Waals surface area contributed by atoms with Gasteiger partial charge in [0.1, 0.15) is 6.33 Å². The van der Waals surface area contributed by atoms with E-state index in [1.807, 2.05) is 0 Å². The van der Waals surface area contributed by atoms with Crippen LogP contribution in [0.15, 0.2) is 24.3 Å². The van der Waals surface area contributed by atoms with Gasteiger partial charge in [-0.15, -0.1) is 0 Å². The van der Waals surface area contributed by atoms with Crippen molar-refractivity contribution >= 4 is 28.8 Å². The number of fused-ring (bicyclic) bond motifs is 1. The van der Waals surface area contributed by atoms with Crippen molar-refractivity contribution in [2.24, 2.45) is 0 Å². The Labute approximate surface area is 115 Å². The number of methoxy groups -OCH3 is 1. The second kappa shape index (κ2) is 5.14. The van der Waals surface area contributed by atoms with Crippen molar-refractivity contribution in [2.45, 2.75) is 18.9 Å². The molecule has 1 atom stereocenters. The zero-order valence-electron chi connectivity index (χ0n) is 10.5. The number of rotatable bonds is 4. The predicted octanol–water partition coefficient (Wildman–Crippen LogP) is 2.30. The summed E-state index contributed by atoms with van der Waals surface area (Å²) in [7, 11) is 1.71. The van der Waals surface area contributed by atoms with Crippen LogP contribution in [0, 0.1) is 0 Å². The largest absolute Gasteiger partial charge is 0.380 e. The molecule has 0 saturated carbocycles. The monoisotopic (exact) mass is 279 g/mol. The fourth-order valence-electron chi connectivity index (χ4n) is 2.46. The number of allylic oxidation sites excluding steroid dienone is 1. The lowest BCUT2D eigenvalue weighted by Crippen LogP contribution is -2.03. The third kappa shape index (κ3) is 2.17. The Morgan fingerprint density at radius 1 is 1.47 bits per heavy atom. The first-order valence-electron chi connectivity index (χ1n) is 6.06. The standard InChI is InChI=1S/C12H14ClN5O/c1-19-5-8-2-3-9(4-8)18-7-16-10-11(17-13)14-6-15-12(10)18/h4,6-7,9H,2-3,5H2,1H3,(H,14,15,17)/t9-/m0/s1. The highest BCUT2D eigenvalue weighted by Crippen LogP contribution is 2.31. The molecule has 100 valence electrons. The van der Waals surface area contributed by atoms with E-state index < -0.39 is 0 Å². The molecule has 1 aliphatic rings. The van der Waals surface area contributed by atoms with E-state index in [0.717, 1.165) is 18.5 Å². The maximum absolute atomic E-state index is 5.62. The summed E-state index contributed by atoms with van der Waals surface area (Å²) >= 11 is 5.62. The number of halogens is 1. The Morgan fingerprint density at radius 3 is 3.16 bits per heavy atom. The minimum Gasteiger partial charge on any atom is -0.380 e. The summed E-state index contributed by atoms with van der Waals surface area (Å²) in [6.07, 6.45) is 7.58. The molecule has 2 heterocycles. The third-order valence-corrected chi connectivity index (χ3v) is 3.50. The van der Waals surface area contributed by atoms with Gasteiger partial charge in [0.25, 0.3) is 0 Å². The van der Waals surface area contributed by atoms with Crippen LogP contribution in [-0.4, -0.2) is 33.2 Å². The molecule has 0 aromatic carbocycles. The first-order valence-corrected chi connectivity index (χ1v) is 6.44. The Hall–Kier alpha value is -1.66. The highest BCUT2D eigenvalue weighted by Gasteiger charge is 2.20. The second-order valence-electron chi connectivity index (χ2n) is 4.50. The van der Waals surface area contributed by atoms with Gasteiger partial charge in [-0.25, -0.2) is 15.0 Å². The number of hydrogen-bond acceptors (Lipinski definition) is 5. The molecular weight excluding hydrogens is 266 g/mol. The second-order valence-corrected chi connectivity index (χ2v) is 4.69. The van der Waals surface area contributed by atoms with Crippen LogP contribution >= 0.6 is 11.8 Å². The van der Waals surface area contributed by atoms with Crippen LogP contribution in [0.25, 0.3) is 11.2 Å². The molecule has 0 radical (unpaired) electrons. The molecule has 0 fully saturated rings. The van der Waals surface area contributed by atoms with Gasteiger partial charge in [-0.2, -0.15) is 0 Å². The van der Waals surface area contributed by atoms with Gasteiger partial charge in [0, 0.05) is 18.9 Å². The van der Waals surface area contributed by atoms with Crippen LogP contribution < -0.4 is 4.84 Å². The van der Waals surface area contributed by atoms with Gasteiger partial charge in [-0.1, -0.05) is 6.08 Å². The summed E-state index contributed by atoms with van der Waals surface area (Å²) in [6, 6.07) is 0.272. The van der Waals surface area contributed by atoms with Gasteiger partial charge in [0.05, 0.1) is 19.0 Å². The fourth-order valence-corrected chi connectivity index (χ4v) is 2.60. The SMILES string of the molecule is COCC1=C[C@@H](n2cnc3c(NCl)ncnc32)CC1. The number of nitrogens with one attached hydrogen (secondary N) is 1. The molecule has 0 amide bonds. The van der Waals surface area contributed by atoms with E-state index in [1.54, 1.807) is 13.4 Å². The van der Waals surface area contributed by atoms with Gasteiger partial charge >= 0.3 is 0 Å². The summed E-state index contributed by atoms with van der Waals surface area (Å²) in [5, 5.41) is 0. The van der Waals surface area contributed by atoms with Crippen LogP contribution in [-0.2, 0) is 4.74 Å². The number of aromatic nitrogens is 4. The molecule has 0 spiro atoms. The van der Waals surface area contributed by atoms with E-state index in [4.69, 9.17) is 16.5 Å². The Bertz CT molecular complexity index is 624. The number of imidazole rings is 1. The number of nitrogens with zero attached hydrogens (tertiary/aromatic N) is 4. The molecule has 6 nitrogen and oxygen atoms in total. The van der Waals surface area contributed by atoms with Gasteiger partial charge in [0.2, 0.25) is 0 Å².